The predicted molar refractivity (Wildman–Crippen MR) is 325 cm³/mol. The molecule has 2 aliphatic heterocycles. The lowest BCUT2D eigenvalue weighted by molar-refractivity contribution is -0.332. The van der Waals surface area contributed by atoms with Crippen molar-refractivity contribution in [2.24, 2.45) is 0 Å². The van der Waals surface area contributed by atoms with Crippen LogP contribution >= 0.6 is 0 Å². The maximum atomic E-state index is 13.1. The fraction of sp³-hybridized carbons (Fsp3) is 0.657. The fourth-order valence-electron chi connectivity index (χ4n) is 8.78. The number of carbonyl (C=O) groups excluding carboxylic acids is 1. The zero-order valence-corrected chi connectivity index (χ0v) is 49.5. The summed E-state index contributed by atoms with van der Waals surface area (Å²) < 4.78 is 34.4. The molecule has 460 valence electrons. The van der Waals surface area contributed by atoms with E-state index in [-0.39, 0.29) is 19.6 Å². The Kier molecular flexibility index (Phi) is 46.8. The topological polar surface area (TPSA) is 214 Å². The van der Waals surface area contributed by atoms with Crippen molar-refractivity contribution in [3.63, 3.8) is 0 Å². The van der Waals surface area contributed by atoms with E-state index in [1.807, 2.05) is 0 Å². The van der Waals surface area contributed by atoms with Crippen molar-refractivity contribution < 1.29 is 69.0 Å². The van der Waals surface area contributed by atoms with Gasteiger partial charge in [0.05, 0.1) is 26.4 Å². The van der Waals surface area contributed by atoms with Gasteiger partial charge >= 0.3 is 5.97 Å². The standard InChI is InChI=1S/C67H108O14/c1-3-5-7-9-11-13-15-17-19-21-23-25-27-29-31-33-35-37-39-41-43-45-47-49-51-76-53-56(54-77-66-65(75)63(73)61(71)58(81-66)55-78-67-64(74)62(72)60(70)57(52-68)80-67)79-59(69)50-48-46-44-42-40-38-36-34-32-30-28-26-24-22-20-18-16-14-12-10-8-6-4-2/h5-8,11-14,17-20,23-26,29,31,35,37,41,43,56-58,60-68,70-75H,3-4,9-10,15-16,21-22,27-28,30,32-34,36,38-40,42,44-55H2,1-2H3/b7-5-,8-6-,13-11-,14-12-,19-17-,20-18-,25-23-,26-24-,31-29-,37-35-,43-41-. The van der Waals surface area contributed by atoms with Gasteiger partial charge in [-0.05, 0) is 109 Å². The van der Waals surface area contributed by atoms with Gasteiger partial charge in [-0.1, -0.05) is 199 Å². The molecule has 0 aromatic carbocycles. The van der Waals surface area contributed by atoms with E-state index in [4.69, 9.17) is 28.4 Å². The van der Waals surface area contributed by atoms with Gasteiger partial charge in [-0.25, -0.2) is 0 Å². The van der Waals surface area contributed by atoms with E-state index >= 15 is 0 Å². The van der Waals surface area contributed by atoms with Crippen LogP contribution in [-0.2, 0) is 33.2 Å². The van der Waals surface area contributed by atoms with Crippen LogP contribution in [0.2, 0.25) is 0 Å². The average molecular weight is 1140 g/mol. The summed E-state index contributed by atoms with van der Waals surface area (Å²) in [5, 5.41) is 72.5. The molecule has 11 unspecified atom stereocenters. The number of esters is 1. The summed E-state index contributed by atoms with van der Waals surface area (Å²) in [6.45, 7) is 3.32. The van der Waals surface area contributed by atoms with Gasteiger partial charge in [0, 0.05) is 13.0 Å². The minimum atomic E-state index is -1.73. The molecule has 0 saturated carbocycles. The summed E-state index contributed by atoms with van der Waals surface area (Å²) in [5.74, 6) is -0.402. The summed E-state index contributed by atoms with van der Waals surface area (Å²) in [4.78, 5) is 13.1. The molecule has 2 aliphatic rings. The Morgan fingerprint density at radius 2 is 0.765 bits per heavy atom. The van der Waals surface area contributed by atoms with E-state index in [1.54, 1.807) is 0 Å². The smallest absolute Gasteiger partial charge is 0.306 e. The molecule has 0 bridgehead atoms. The molecule has 0 amide bonds. The first-order valence-electron chi connectivity index (χ1n) is 30.8. The first-order chi connectivity index (χ1) is 39.6. The first kappa shape index (κ1) is 73.2. The maximum absolute atomic E-state index is 13.1. The molecule has 0 radical (unpaired) electrons. The van der Waals surface area contributed by atoms with E-state index < -0.39 is 86.7 Å². The molecule has 7 N–H and O–H groups in total. The minimum absolute atomic E-state index is 0.0202. The molecule has 81 heavy (non-hydrogen) atoms. The molecule has 2 heterocycles. The van der Waals surface area contributed by atoms with Gasteiger partial charge in [0.15, 0.2) is 12.6 Å². The van der Waals surface area contributed by atoms with Crippen molar-refractivity contribution in [2.45, 2.75) is 248 Å². The van der Waals surface area contributed by atoms with Gasteiger partial charge in [0.25, 0.3) is 0 Å². The average Bonchev–Trinajstić information content (AvgIpc) is 3.46. The highest BCUT2D eigenvalue weighted by atomic mass is 16.7. The second-order valence-corrected chi connectivity index (χ2v) is 20.8. The quantitative estimate of drug-likeness (QED) is 0.0172. The van der Waals surface area contributed by atoms with Gasteiger partial charge in [0.2, 0.25) is 0 Å². The SMILES string of the molecule is CC/C=C\C/C=C\C/C=C\C/C=C\C/C=C\C/C=C\C/C=C\CCCCOCC(COC1OC(COC2OC(CO)C(O)C(O)C2O)C(O)C(O)C1O)OC(=O)CCCCCCCCCCCC/C=C\C/C=C\C/C=C\C/C=C\CC. The Bertz CT molecular complexity index is 1850. The van der Waals surface area contributed by atoms with E-state index in [0.29, 0.717) is 13.0 Å². The van der Waals surface area contributed by atoms with E-state index in [2.05, 4.69) is 148 Å². The molecule has 14 heteroatoms. The van der Waals surface area contributed by atoms with Crippen molar-refractivity contribution in [3.8, 4) is 0 Å². The van der Waals surface area contributed by atoms with E-state index in [9.17, 15) is 40.5 Å². The number of allylic oxidation sites excluding steroid dienone is 22. The molecular formula is C67H108O14. The molecule has 2 rings (SSSR count). The summed E-state index contributed by atoms with van der Waals surface area (Å²) in [5.41, 5.74) is 0. The van der Waals surface area contributed by atoms with Gasteiger partial charge in [-0.3, -0.25) is 4.79 Å². The monoisotopic (exact) mass is 1140 g/mol. The zero-order chi connectivity index (χ0) is 58.6. The Labute approximate surface area is 488 Å². The number of carbonyl (C=O) groups is 1. The fourth-order valence-corrected chi connectivity index (χ4v) is 8.78. The van der Waals surface area contributed by atoms with Crippen molar-refractivity contribution >= 4 is 5.97 Å². The second kappa shape index (κ2) is 51.7. The Morgan fingerprint density at radius 3 is 1.20 bits per heavy atom. The number of aliphatic hydroxyl groups is 7. The lowest BCUT2D eigenvalue weighted by atomic mass is 9.98. The highest BCUT2D eigenvalue weighted by molar-refractivity contribution is 5.69. The molecule has 2 saturated heterocycles. The van der Waals surface area contributed by atoms with Gasteiger partial charge in [-0.2, -0.15) is 0 Å². The molecule has 11 atom stereocenters. The predicted octanol–water partition coefficient (Wildman–Crippen LogP) is 11.9. The van der Waals surface area contributed by atoms with Crippen molar-refractivity contribution in [1.29, 1.82) is 0 Å². The van der Waals surface area contributed by atoms with Crippen LogP contribution in [0.25, 0.3) is 0 Å². The molecule has 14 nitrogen and oxygen atoms in total. The van der Waals surface area contributed by atoms with Crippen LogP contribution in [-0.4, -0.2) is 142 Å². The number of rotatable bonds is 48. The summed E-state index contributed by atoms with van der Waals surface area (Å²) in [6.07, 6.45) is 58.0. The first-order valence-corrected chi connectivity index (χ1v) is 30.8. The van der Waals surface area contributed by atoms with E-state index in [0.717, 1.165) is 116 Å². The van der Waals surface area contributed by atoms with Crippen LogP contribution in [0.5, 0.6) is 0 Å². The van der Waals surface area contributed by atoms with Crippen molar-refractivity contribution in [3.05, 3.63) is 134 Å². The summed E-state index contributed by atoms with van der Waals surface area (Å²) in [6, 6.07) is 0. The number of unbranched alkanes of at least 4 members (excludes halogenated alkanes) is 12. The summed E-state index contributed by atoms with van der Waals surface area (Å²) in [7, 11) is 0. The van der Waals surface area contributed by atoms with E-state index in [1.165, 1.54) is 38.5 Å². The van der Waals surface area contributed by atoms with Crippen LogP contribution in [0.15, 0.2) is 134 Å². The van der Waals surface area contributed by atoms with Crippen LogP contribution in [0.1, 0.15) is 181 Å². The second-order valence-electron chi connectivity index (χ2n) is 20.8. The van der Waals surface area contributed by atoms with Gasteiger partial charge in [-0.15, -0.1) is 0 Å². The lowest BCUT2D eigenvalue weighted by Crippen LogP contribution is -2.61. The van der Waals surface area contributed by atoms with Gasteiger partial charge in [0.1, 0.15) is 54.9 Å². The Hall–Kier alpha value is -3.87. The van der Waals surface area contributed by atoms with Crippen molar-refractivity contribution in [1.82, 2.24) is 0 Å². The third kappa shape index (κ3) is 37.9. The lowest BCUT2D eigenvalue weighted by Gasteiger charge is -2.42. The highest BCUT2D eigenvalue weighted by Gasteiger charge is 2.47. The largest absolute Gasteiger partial charge is 0.457 e. The summed E-state index contributed by atoms with van der Waals surface area (Å²) >= 11 is 0. The molecule has 0 aromatic rings. The normalized spacial score (nSPS) is 24.7. The Morgan fingerprint density at radius 1 is 0.407 bits per heavy atom. The van der Waals surface area contributed by atoms with Crippen LogP contribution in [0.3, 0.4) is 0 Å². The number of aliphatic hydroxyl groups excluding tert-OH is 7. The Balaban J connectivity index is 1.73. The zero-order valence-electron chi connectivity index (χ0n) is 49.5. The van der Waals surface area contributed by atoms with Crippen molar-refractivity contribution in [2.75, 3.05) is 33.0 Å². The molecular weight excluding hydrogens is 1030 g/mol. The number of hydrogen-bond donors (Lipinski definition) is 7. The minimum Gasteiger partial charge on any atom is -0.457 e. The van der Waals surface area contributed by atoms with Crippen LogP contribution in [0.4, 0.5) is 0 Å². The molecule has 2 fully saturated rings. The third-order valence-electron chi connectivity index (χ3n) is 13.7. The third-order valence-corrected chi connectivity index (χ3v) is 13.7. The molecule has 0 spiro atoms. The van der Waals surface area contributed by atoms with Gasteiger partial charge < -0.3 is 64.2 Å². The number of hydrogen-bond acceptors (Lipinski definition) is 14. The molecule has 0 aliphatic carbocycles. The van der Waals surface area contributed by atoms with Crippen LogP contribution in [0, 0.1) is 0 Å². The molecule has 0 aromatic heterocycles. The highest BCUT2D eigenvalue weighted by Crippen LogP contribution is 2.26. The van der Waals surface area contributed by atoms with Crippen LogP contribution < -0.4 is 0 Å². The maximum Gasteiger partial charge on any atom is 0.306 e. The number of ether oxygens (including phenoxy) is 6.